The van der Waals surface area contributed by atoms with Crippen LogP contribution >= 0.6 is 0 Å². The first-order chi connectivity index (χ1) is 29.7. The summed E-state index contributed by atoms with van der Waals surface area (Å²) in [5.74, 6) is 3.65. The molecule has 282 valence electrons. The van der Waals surface area contributed by atoms with Gasteiger partial charge in [0.05, 0.1) is 0 Å². The van der Waals surface area contributed by atoms with E-state index in [1.54, 1.807) is 0 Å². The van der Waals surface area contributed by atoms with Gasteiger partial charge in [0, 0.05) is 33.4 Å². The minimum Gasteiger partial charge on any atom is -0.208 e. The lowest BCUT2D eigenvalue weighted by molar-refractivity contribution is 1.07. The molecule has 8 aromatic carbocycles. The molecule has 2 aromatic heterocycles. The van der Waals surface area contributed by atoms with E-state index in [2.05, 4.69) is 103 Å². The molecule has 0 aliphatic rings. The van der Waals surface area contributed by atoms with Crippen molar-refractivity contribution in [3.63, 3.8) is 0 Å². The lowest BCUT2D eigenvalue weighted by Crippen LogP contribution is -2.00. The predicted octanol–water partition coefficient (Wildman–Crippen LogP) is 13.1. The van der Waals surface area contributed by atoms with Crippen molar-refractivity contribution in [3.05, 3.63) is 218 Å². The second-order valence-corrected chi connectivity index (χ2v) is 14.4. The Morgan fingerprint density at radius 2 is 0.333 bits per heavy atom. The Morgan fingerprint density at radius 3 is 0.617 bits per heavy atom. The van der Waals surface area contributed by atoms with E-state index in [0.29, 0.717) is 34.9 Å². The molecule has 6 heteroatoms. The van der Waals surface area contributed by atoms with Gasteiger partial charge in [-0.2, -0.15) is 0 Å². The van der Waals surface area contributed by atoms with Crippen LogP contribution in [0.3, 0.4) is 0 Å². The first-order valence-corrected chi connectivity index (χ1v) is 19.9. The van der Waals surface area contributed by atoms with Crippen LogP contribution in [0.4, 0.5) is 0 Å². The Kier molecular flexibility index (Phi) is 9.84. The van der Waals surface area contributed by atoms with Gasteiger partial charge in [-0.05, 0) is 57.6 Å². The summed E-state index contributed by atoms with van der Waals surface area (Å²) in [5.41, 5.74) is 12.0. The highest BCUT2D eigenvalue weighted by atomic mass is 15.0. The van der Waals surface area contributed by atoms with Crippen LogP contribution in [0.2, 0.25) is 0 Å². The van der Waals surface area contributed by atoms with E-state index in [1.807, 2.05) is 115 Å². The Labute approximate surface area is 348 Å². The average molecular weight is 769 g/mol. The molecule has 60 heavy (non-hydrogen) atoms. The molecule has 0 saturated heterocycles. The third-order valence-corrected chi connectivity index (χ3v) is 10.4. The molecule has 6 nitrogen and oxygen atoms in total. The van der Waals surface area contributed by atoms with E-state index in [9.17, 15) is 0 Å². The fraction of sp³-hybridized carbons (Fsp3) is 0. The Balaban J connectivity index is 1.03. The van der Waals surface area contributed by atoms with E-state index in [-0.39, 0.29) is 0 Å². The zero-order valence-electron chi connectivity index (χ0n) is 32.5. The Morgan fingerprint density at radius 1 is 0.150 bits per heavy atom. The first kappa shape index (κ1) is 36.1. The number of aromatic nitrogens is 6. The van der Waals surface area contributed by atoms with Crippen molar-refractivity contribution in [2.24, 2.45) is 0 Å². The molecule has 0 N–H and O–H groups in total. The average Bonchev–Trinajstić information content (AvgIpc) is 3.35. The summed E-state index contributed by atoms with van der Waals surface area (Å²) in [6.07, 6.45) is 0. The standard InChI is InChI=1S/C54H36N6/c1-5-17-37(18-6-1)41-25-13-26-42(33-41)43-27-14-31-47(34-43)53-58-51(40-23-11-4-12-24-40)59-54(60-53)48-32-16-29-45(36-48)44-28-15-30-46(35-44)52-56-49(38-19-7-2-8-20-38)55-50(57-52)39-21-9-3-10-22-39/h1-36H. The summed E-state index contributed by atoms with van der Waals surface area (Å²) in [7, 11) is 0. The molecular weight excluding hydrogens is 733 g/mol. The van der Waals surface area contributed by atoms with Crippen molar-refractivity contribution in [2.75, 3.05) is 0 Å². The van der Waals surface area contributed by atoms with Crippen LogP contribution in [-0.4, -0.2) is 29.9 Å². The number of hydrogen-bond acceptors (Lipinski definition) is 6. The normalized spacial score (nSPS) is 11.0. The summed E-state index contributed by atoms with van der Waals surface area (Å²) in [6.45, 7) is 0. The number of nitrogens with zero attached hydrogens (tertiary/aromatic N) is 6. The van der Waals surface area contributed by atoms with Gasteiger partial charge in [0.1, 0.15) is 0 Å². The molecule has 0 unspecified atom stereocenters. The Hall–Kier alpha value is -8.22. The number of rotatable bonds is 9. The van der Waals surface area contributed by atoms with Crippen LogP contribution in [0.25, 0.3) is 102 Å². The summed E-state index contributed by atoms with van der Waals surface area (Å²) in [4.78, 5) is 30.0. The molecule has 2 heterocycles. The van der Waals surface area contributed by atoms with Crippen LogP contribution in [0, 0.1) is 0 Å². The van der Waals surface area contributed by atoms with Crippen LogP contribution in [0.15, 0.2) is 218 Å². The summed E-state index contributed by atoms with van der Waals surface area (Å²) in [6, 6.07) is 74.3. The third-order valence-electron chi connectivity index (χ3n) is 10.4. The quantitative estimate of drug-likeness (QED) is 0.145. The molecule has 0 saturated carbocycles. The summed E-state index contributed by atoms with van der Waals surface area (Å²) < 4.78 is 0. The van der Waals surface area contributed by atoms with Gasteiger partial charge < -0.3 is 0 Å². The van der Waals surface area contributed by atoms with Crippen molar-refractivity contribution in [2.45, 2.75) is 0 Å². The van der Waals surface area contributed by atoms with Gasteiger partial charge in [0.2, 0.25) is 0 Å². The van der Waals surface area contributed by atoms with Crippen LogP contribution in [0.1, 0.15) is 0 Å². The van der Waals surface area contributed by atoms with Gasteiger partial charge in [-0.25, -0.2) is 29.9 Å². The molecule has 0 atom stereocenters. The SMILES string of the molecule is c1ccc(-c2cccc(-c3cccc(-c4nc(-c5ccccc5)nc(-c5cccc(-c6cccc(-c7nc(-c8ccccc8)nc(-c8ccccc8)n7)c6)c5)n4)c3)c2)cc1. The maximum Gasteiger partial charge on any atom is 0.164 e. The topological polar surface area (TPSA) is 77.3 Å². The molecule has 0 spiro atoms. The second-order valence-electron chi connectivity index (χ2n) is 14.4. The second kappa shape index (κ2) is 16.3. The zero-order chi connectivity index (χ0) is 40.1. The summed E-state index contributed by atoms with van der Waals surface area (Å²) >= 11 is 0. The Bertz CT molecular complexity index is 3020. The third kappa shape index (κ3) is 7.73. The lowest BCUT2D eigenvalue weighted by atomic mass is 9.98. The first-order valence-electron chi connectivity index (χ1n) is 19.9. The zero-order valence-corrected chi connectivity index (χ0v) is 32.5. The maximum absolute atomic E-state index is 5.13. The van der Waals surface area contributed by atoms with Gasteiger partial charge in [0.15, 0.2) is 34.9 Å². The van der Waals surface area contributed by atoms with Gasteiger partial charge in [-0.15, -0.1) is 0 Å². The van der Waals surface area contributed by atoms with Crippen molar-refractivity contribution in [3.8, 4) is 102 Å². The van der Waals surface area contributed by atoms with E-state index in [1.165, 1.54) is 11.1 Å². The fourth-order valence-electron chi connectivity index (χ4n) is 7.31. The smallest absolute Gasteiger partial charge is 0.164 e. The highest BCUT2D eigenvalue weighted by Gasteiger charge is 2.16. The molecule has 0 aliphatic heterocycles. The molecule has 0 aliphatic carbocycles. The highest BCUT2D eigenvalue weighted by molar-refractivity contribution is 5.78. The van der Waals surface area contributed by atoms with E-state index in [4.69, 9.17) is 29.9 Å². The van der Waals surface area contributed by atoms with Gasteiger partial charge in [-0.3, -0.25) is 0 Å². The molecule has 0 radical (unpaired) electrons. The number of benzene rings is 8. The maximum atomic E-state index is 5.13. The van der Waals surface area contributed by atoms with E-state index < -0.39 is 0 Å². The molecule has 0 amide bonds. The number of hydrogen-bond donors (Lipinski definition) is 0. The molecule has 10 aromatic rings. The van der Waals surface area contributed by atoms with E-state index >= 15 is 0 Å². The van der Waals surface area contributed by atoms with Crippen LogP contribution in [-0.2, 0) is 0 Å². The minimum absolute atomic E-state index is 0.589. The van der Waals surface area contributed by atoms with Crippen LogP contribution in [0.5, 0.6) is 0 Å². The summed E-state index contributed by atoms with van der Waals surface area (Å²) in [5, 5.41) is 0. The van der Waals surface area contributed by atoms with Gasteiger partial charge in [0.25, 0.3) is 0 Å². The van der Waals surface area contributed by atoms with Crippen molar-refractivity contribution >= 4 is 0 Å². The largest absolute Gasteiger partial charge is 0.208 e. The minimum atomic E-state index is 0.589. The molecule has 0 bridgehead atoms. The van der Waals surface area contributed by atoms with Gasteiger partial charge in [-0.1, -0.05) is 194 Å². The molecule has 0 fully saturated rings. The fourth-order valence-corrected chi connectivity index (χ4v) is 7.31. The molecule has 10 rings (SSSR count). The van der Waals surface area contributed by atoms with Gasteiger partial charge >= 0.3 is 0 Å². The predicted molar refractivity (Wildman–Crippen MR) is 242 cm³/mol. The van der Waals surface area contributed by atoms with Crippen molar-refractivity contribution in [1.82, 2.24) is 29.9 Å². The molecular formula is C54H36N6. The van der Waals surface area contributed by atoms with Crippen molar-refractivity contribution < 1.29 is 0 Å². The van der Waals surface area contributed by atoms with Crippen LogP contribution < -0.4 is 0 Å². The monoisotopic (exact) mass is 768 g/mol. The van der Waals surface area contributed by atoms with Crippen molar-refractivity contribution in [1.29, 1.82) is 0 Å². The lowest BCUT2D eigenvalue weighted by Gasteiger charge is -2.12. The van der Waals surface area contributed by atoms with E-state index in [0.717, 1.165) is 55.6 Å². The highest BCUT2D eigenvalue weighted by Crippen LogP contribution is 2.33.